The summed E-state index contributed by atoms with van der Waals surface area (Å²) in [5.74, 6) is -1.48. The second kappa shape index (κ2) is 7.82. The predicted molar refractivity (Wildman–Crippen MR) is 97.0 cm³/mol. The molecule has 1 atom stereocenters. The Hall–Kier alpha value is -2.48. The topological polar surface area (TPSA) is 98.4 Å². The molecule has 8 heteroatoms. The molecule has 2 aromatic rings. The van der Waals surface area contributed by atoms with Crippen LogP contribution in [0.2, 0.25) is 0 Å². The normalized spacial score (nSPS) is 11.9. The maximum absolute atomic E-state index is 12.7. The van der Waals surface area contributed by atoms with Gasteiger partial charge in [-0.2, -0.15) is 0 Å². The van der Waals surface area contributed by atoms with Crippen molar-refractivity contribution in [2.75, 3.05) is 6.61 Å². The minimum atomic E-state index is -1.00. The van der Waals surface area contributed by atoms with Gasteiger partial charge in [-0.1, -0.05) is 0 Å². The molecule has 2 rings (SSSR count). The molecule has 0 aliphatic carbocycles. The van der Waals surface area contributed by atoms with Gasteiger partial charge in [-0.15, -0.1) is 11.3 Å². The number of rotatable bonds is 6. The van der Waals surface area contributed by atoms with E-state index in [1.165, 1.54) is 18.3 Å². The van der Waals surface area contributed by atoms with Crippen LogP contribution in [-0.4, -0.2) is 40.4 Å². The molecule has 7 nitrogen and oxygen atoms in total. The number of esters is 2. The van der Waals surface area contributed by atoms with Crippen molar-refractivity contribution in [1.29, 1.82) is 0 Å². The van der Waals surface area contributed by atoms with Gasteiger partial charge in [0.25, 0.3) is 0 Å². The monoisotopic (exact) mass is 378 g/mol. The maximum atomic E-state index is 12.7. The minimum absolute atomic E-state index is 0.239. The van der Waals surface area contributed by atoms with Crippen molar-refractivity contribution in [3.8, 4) is 0 Å². The lowest BCUT2D eigenvalue weighted by Crippen LogP contribution is -2.25. The summed E-state index contributed by atoms with van der Waals surface area (Å²) in [6.07, 6.45) is -1.00. The van der Waals surface area contributed by atoms with Gasteiger partial charge in [-0.25, -0.2) is 14.6 Å². The van der Waals surface area contributed by atoms with E-state index >= 15 is 0 Å². The van der Waals surface area contributed by atoms with Crippen molar-refractivity contribution < 1.29 is 23.9 Å². The molecule has 1 unspecified atom stereocenters. The summed E-state index contributed by atoms with van der Waals surface area (Å²) >= 11 is 1.23. The van der Waals surface area contributed by atoms with Crippen LogP contribution in [0.15, 0.2) is 0 Å². The second-order valence-electron chi connectivity index (χ2n) is 5.90. The molecular weight excluding hydrogens is 356 g/mol. The highest BCUT2D eigenvalue weighted by Crippen LogP contribution is 2.23. The highest BCUT2D eigenvalue weighted by Gasteiger charge is 2.28. The minimum Gasteiger partial charge on any atom is -0.462 e. The van der Waals surface area contributed by atoms with E-state index in [-0.39, 0.29) is 12.3 Å². The fraction of sp³-hybridized carbons (Fsp3) is 0.444. The molecule has 140 valence electrons. The zero-order chi connectivity index (χ0) is 19.6. The van der Waals surface area contributed by atoms with Crippen LogP contribution in [0.3, 0.4) is 0 Å². The number of hydrogen-bond donors (Lipinski definition) is 1. The van der Waals surface area contributed by atoms with Crippen LogP contribution in [0.25, 0.3) is 0 Å². The van der Waals surface area contributed by atoms with Crippen LogP contribution >= 0.6 is 11.3 Å². The van der Waals surface area contributed by atoms with Gasteiger partial charge >= 0.3 is 11.9 Å². The molecule has 0 aliphatic rings. The molecule has 1 N–H and O–H groups in total. The fourth-order valence-electron chi connectivity index (χ4n) is 2.70. The van der Waals surface area contributed by atoms with E-state index in [1.54, 1.807) is 34.6 Å². The van der Waals surface area contributed by atoms with Crippen LogP contribution in [0.1, 0.15) is 66.3 Å². The van der Waals surface area contributed by atoms with Crippen molar-refractivity contribution >= 4 is 29.1 Å². The predicted octanol–water partition coefficient (Wildman–Crippen LogP) is 3.31. The van der Waals surface area contributed by atoms with Crippen LogP contribution in [0, 0.1) is 27.7 Å². The molecular formula is C18H22N2O5S. The summed E-state index contributed by atoms with van der Waals surface area (Å²) in [5.41, 5.74) is 2.18. The van der Waals surface area contributed by atoms with E-state index in [9.17, 15) is 14.4 Å². The van der Waals surface area contributed by atoms with Crippen molar-refractivity contribution in [3.05, 3.63) is 38.1 Å². The number of Topliss-reactive ketones (excluding diaryl/α,β-unsaturated/α-hetero) is 1. The number of carbonyl (C=O) groups excluding carboxylic acids is 3. The lowest BCUT2D eigenvalue weighted by atomic mass is 10.1. The summed E-state index contributed by atoms with van der Waals surface area (Å²) in [6, 6.07) is 0. The van der Waals surface area contributed by atoms with Gasteiger partial charge in [0.15, 0.2) is 6.10 Å². The number of thiazole rings is 1. The third kappa shape index (κ3) is 3.85. The summed E-state index contributed by atoms with van der Waals surface area (Å²) in [5, 5.41) is 0.753. The van der Waals surface area contributed by atoms with Crippen molar-refractivity contribution in [1.82, 2.24) is 9.97 Å². The Bertz CT molecular complexity index is 865. The number of ketones is 1. The van der Waals surface area contributed by atoms with Gasteiger partial charge in [0, 0.05) is 5.69 Å². The lowest BCUT2D eigenvalue weighted by Gasteiger charge is -2.11. The summed E-state index contributed by atoms with van der Waals surface area (Å²) in [6.45, 7) is 10.3. The van der Waals surface area contributed by atoms with Gasteiger partial charge in [-0.05, 0) is 47.1 Å². The molecule has 0 fully saturated rings. The van der Waals surface area contributed by atoms with Gasteiger partial charge in [0.1, 0.15) is 4.88 Å². The van der Waals surface area contributed by atoms with Crippen LogP contribution < -0.4 is 0 Å². The second-order valence-corrected chi connectivity index (χ2v) is 7.11. The SMILES string of the molecule is CCOC(=O)c1c(C)[nH]c(C(=O)C(C)OC(=O)c2sc(C)nc2C)c1C. The number of carbonyl (C=O) groups is 3. The fourth-order valence-corrected chi connectivity index (χ4v) is 3.50. The quantitative estimate of drug-likeness (QED) is 0.612. The zero-order valence-corrected chi connectivity index (χ0v) is 16.5. The van der Waals surface area contributed by atoms with Gasteiger partial charge in [0.2, 0.25) is 5.78 Å². The van der Waals surface area contributed by atoms with E-state index in [1.807, 2.05) is 0 Å². The first kappa shape index (κ1) is 19.8. The third-order valence-electron chi connectivity index (χ3n) is 3.91. The zero-order valence-electron chi connectivity index (χ0n) is 15.7. The van der Waals surface area contributed by atoms with Crippen LogP contribution in [-0.2, 0) is 9.47 Å². The molecule has 0 bridgehead atoms. The summed E-state index contributed by atoms with van der Waals surface area (Å²) < 4.78 is 10.3. The van der Waals surface area contributed by atoms with Crippen molar-refractivity contribution in [2.45, 2.75) is 47.6 Å². The van der Waals surface area contributed by atoms with Gasteiger partial charge in [-0.3, -0.25) is 4.79 Å². The molecule has 26 heavy (non-hydrogen) atoms. The molecule has 0 saturated heterocycles. The number of H-pyrrole nitrogens is 1. The highest BCUT2D eigenvalue weighted by molar-refractivity contribution is 7.13. The van der Waals surface area contributed by atoms with E-state index < -0.39 is 23.8 Å². The molecule has 2 heterocycles. The number of nitrogens with zero attached hydrogens (tertiary/aromatic N) is 1. The number of hydrogen-bond acceptors (Lipinski definition) is 7. The number of aryl methyl sites for hydroxylation is 3. The van der Waals surface area contributed by atoms with E-state index in [0.29, 0.717) is 27.4 Å². The van der Waals surface area contributed by atoms with Crippen molar-refractivity contribution in [2.24, 2.45) is 0 Å². The largest absolute Gasteiger partial charge is 0.462 e. The number of aromatic amines is 1. The Morgan fingerprint density at radius 2 is 1.81 bits per heavy atom. The Labute approximate surface area is 155 Å². The molecule has 0 radical (unpaired) electrons. The summed E-state index contributed by atoms with van der Waals surface area (Å²) in [7, 11) is 0. The van der Waals surface area contributed by atoms with Crippen LogP contribution in [0.4, 0.5) is 0 Å². The van der Waals surface area contributed by atoms with E-state index in [4.69, 9.17) is 9.47 Å². The van der Waals surface area contributed by atoms with Crippen molar-refractivity contribution in [3.63, 3.8) is 0 Å². The van der Waals surface area contributed by atoms with E-state index in [2.05, 4.69) is 9.97 Å². The molecule has 0 spiro atoms. The highest BCUT2D eigenvalue weighted by atomic mass is 32.1. The number of nitrogens with one attached hydrogen (secondary N) is 1. The first-order chi connectivity index (χ1) is 12.2. The maximum Gasteiger partial charge on any atom is 0.350 e. The molecule has 0 saturated carbocycles. The standard InChI is InChI=1S/C18H22N2O5S/c1-7-24-17(22)13-8(2)14(20-9(13)3)15(21)11(5)25-18(23)16-10(4)19-12(6)26-16/h11,20H,7H2,1-6H3. The Morgan fingerprint density at radius 3 is 2.35 bits per heavy atom. The Kier molecular flexibility index (Phi) is 5.97. The van der Waals surface area contributed by atoms with Gasteiger partial charge in [0.05, 0.1) is 28.6 Å². The summed E-state index contributed by atoms with van der Waals surface area (Å²) in [4.78, 5) is 44.5. The third-order valence-corrected chi connectivity index (χ3v) is 4.96. The first-order valence-electron chi connectivity index (χ1n) is 8.22. The molecule has 2 aromatic heterocycles. The smallest absolute Gasteiger partial charge is 0.350 e. The average Bonchev–Trinajstić information content (AvgIpc) is 3.05. The molecule has 0 amide bonds. The first-order valence-corrected chi connectivity index (χ1v) is 9.04. The Morgan fingerprint density at radius 1 is 1.15 bits per heavy atom. The number of ether oxygens (including phenoxy) is 2. The Balaban J connectivity index is 2.21. The van der Waals surface area contributed by atoms with E-state index in [0.717, 1.165) is 5.01 Å². The van der Waals surface area contributed by atoms with Gasteiger partial charge < -0.3 is 14.5 Å². The van der Waals surface area contributed by atoms with Crippen LogP contribution in [0.5, 0.6) is 0 Å². The lowest BCUT2D eigenvalue weighted by molar-refractivity contribution is 0.0320. The average molecular weight is 378 g/mol. The molecule has 0 aromatic carbocycles. The number of aromatic nitrogens is 2. The molecule has 0 aliphatic heterocycles.